The summed E-state index contributed by atoms with van der Waals surface area (Å²) in [6.45, 7) is 5.83. The lowest BCUT2D eigenvalue weighted by molar-refractivity contribution is 0.172. The first-order valence-electron chi connectivity index (χ1n) is 10.6. The summed E-state index contributed by atoms with van der Waals surface area (Å²) in [5.41, 5.74) is 3.65. The number of halogens is 1. The van der Waals surface area contributed by atoms with E-state index in [-0.39, 0.29) is 11.8 Å². The highest BCUT2D eigenvalue weighted by molar-refractivity contribution is 6.31. The van der Waals surface area contributed by atoms with Crippen LogP contribution in [0.2, 0.25) is 5.02 Å². The summed E-state index contributed by atoms with van der Waals surface area (Å²) in [7, 11) is 0. The molecule has 7 heteroatoms. The Hall–Kier alpha value is -2.57. The predicted octanol–water partition coefficient (Wildman–Crippen LogP) is 4.84. The fraction of sp³-hybridized carbons (Fsp3) is 0.391. The van der Waals surface area contributed by atoms with Crippen molar-refractivity contribution in [1.82, 2.24) is 19.0 Å². The molecule has 2 aromatic carbocycles. The molecule has 3 heterocycles. The van der Waals surface area contributed by atoms with E-state index in [1.807, 2.05) is 12.1 Å². The van der Waals surface area contributed by atoms with E-state index in [9.17, 15) is 4.79 Å². The highest BCUT2D eigenvalue weighted by Crippen LogP contribution is 2.28. The van der Waals surface area contributed by atoms with Gasteiger partial charge < -0.3 is 8.98 Å². The van der Waals surface area contributed by atoms with E-state index < -0.39 is 0 Å². The molecule has 0 spiro atoms. The van der Waals surface area contributed by atoms with E-state index in [4.69, 9.17) is 21.0 Å². The van der Waals surface area contributed by atoms with Crippen LogP contribution in [0.1, 0.15) is 38.1 Å². The number of rotatable bonds is 5. The molecule has 1 saturated heterocycles. The van der Waals surface area contributed by atoms with Crippen LogP contribution in [0.5, 0.6) is 0 Å². The van der Waals surface area contributed by atoms with Gasteiger partial charge in [-0.15, -0.1) is 0 Å². The molecule has 0 N–H and O–H groups in total. The van der Waals surface area contributed by atoms with Crippen molar-refractivity contribution in [2.75, 3.05) is 13.1 Å². The molecule has 2 aromatic heterocycles. The van der Waals surface area contributed by atoms with Gasteiger partial charge in [-0.05, 0) is 49.6 Å². The largest absolute Gasteiger partial charge is 0.420 e. The van der Waals surface area contributed by atoms with E-state index in [0.29, 0.717) is 10.6 Å². The third-order valence-corrected chi connectivity index (χ3v) is 6.28. The van der Waals surface area contributed by atoms with Gasteiger partial charge in [-0.2, -0.15) is 0 Å². The number of benzene rings is 2. The normalized spacial score (nSPS) is 16.1. The van der Waals surface area contributed by atoms with E-state index in [1.54, 1.807) is 16.7 Å². The van der Waals surface area contributed by atoms with Crippen molar-refractivity contribution >= 4 is 33.7 Å². The van der Waals surface area contributed by atoms with Gasteiger partial charge in [0.25, 0.3) is 0 Å². The number of hydrogen-bond donors (Lipinski definition) is 0. The molecule has 1 aliphatic rings. The maximum atomic E-state index is 12.5. The Balaban J connectivity index is 1.34. The topological polar surface area (TPSA) is 56.2 Å². The average Bonchev–Trinajstić information content (AvgIpc) is 3.25. The van der Waals surface area contributed by atoms with Crippen LogP contribution in [-0.2, 0) is 13.1 Å². The van der Waals surface area contributed by atoms with Gasteiger partial charge in [-0.25, -0.2) is 9.78 Å². The first-order valence-corrected chi connectivity index (χ1v) is 11.0. The Morgan fingerprint density at radius 2 is 1.93 bits per heavy atom. The molecule has 0 unspecified atom stereocenters. The molecular formula is C23H25ClN4O2. The minimum Gasteiger partial charge on any atom is -0.408 e. The van der Waals surface area contributed by atoms with E-state index >= 15 is 0 Å². The second-order valence-corrected chi connectivity index (χ2v) is 8.46. The second-order valence-electron chi connectivity index (χ2n) is 8.03. The lowest BCUT2D eigenvalue weighted by Crippen LogP contribution is -2.36. The van der Waals surface area contributed by atoms with Crippen LogP contribution in [0.3, 0.4) is 0 Å². The molecule has 0 atom stereocenters. The Kier molecular flexibility index (Phi) is 5.13. The average molecular weight is 425 g/mol. The smallest absolute Gasteiger partial charge is 0.408 e. The molecule has 0 saturated carbocycles. The summed E-state index contributed by atoms with van der Waals surface area (Å²) in [6.07, 6.45) is 2.87. The predicted molar refractivity (Wildman–Crippen MR) is 119 cm³/mol. The Bertz CT molecular complexity index is 1250. The number of fused-ring (bicyclic) bond motifs is 2. The second kappa shape index (κ2) is 7.93. The highest BCUT2D eigenvalue weighted by atomic mass is 35.5. The van der Waals surface area contributed by atoms with Gasteiger partial charge in [0.15, 0.2) is 5.58 Å². The molecule has 0 amide bonds. The minimum atomic E-state index is -0.296. The van der Waals surface area contributed by atoms with Gasteiger partial charge in [0.1, 0.15) is 5.82 Å². The summed E-state index contributed by atoms with van der Waals surface area (Å²) in [4.78, 5) is 19.8. The van der Waals surface area contributed by atoms with Gasteiger partial charge in [0.05, 0.1) is 23.1 Å². The number of piperidine rings is 1. The van der Waals surface area contributed by atoms with E-state index in [2.05, 4.69) is 34.6 Å². The van der Waals surface area contributed by atoms with Crippen molar-refractivity contribution in [2.45, 2.75) is 45.3 Å². The zero-order chi connectivity index (χ0) is 20.7. The summed E-state index contributed by atoms with van der Waals surface area (Å²) in [5, 5.41) is 0.615. The number of para-hydroxylation sites is 2. The van der Waals surface area contributed by atoms with Crippen molar-refractivity contribution in [3.05, 3.63) is 63.9 Å². The van der Waals surface area contributed by atoms with Gasteiger partial charge in [0.2, 0.25) is 0 Å². The van der Waals surface area contributed by atoms with Crippen molar-refractivity contribution < 1.29 is 4.42 Å². The Labute approximate surface area is 179 Å². The van der Waals surface area contributed by atoms with Crippen LogP contribution in [0.25, 0.3) is 22.1 Å². The molecule has 0 radical (unpaired) electrons. The number of hydrogen-bond acceptors (Lipinski definition) is 4. The van der Waals surface area contributed by atoms with Crippen LogP contribution >= 0.6 is 11.6 Å². The molecule has 156 valence electrons. The fourth-order valence-electron chi connectivity index (χ4n) is 4.61. The highest BCUT2D eigenvalue weighted by Gasteiger charge is 2.25. The molecule has 4 aromatic rings. The Morgan fingerprint density at radius 1 is 1.13 bits per heavy atom. The maximum absolute atomic E-state index is 12.5. The molecule has 6 nitrogen and oxygen atoms in total. The molecule has 1 aliphatic heterocycles. The summed E-state index contributed by atoms with van der Waals surface area (Å²) < 4.78 is 9.56. The first kappa shape index (κ1) is 19.4. The van der Waals surface area contributed by atoms with Crippen LogP contribution in [0.15, 0.2) is 51.7 Å². The fourth-order valence-corrected chi connectivity index (χ4v) is 4.77. The van der Waals surface area contributed by atoms with Crippen molar-refractivity contribution in [2.24, 2.45) is 0 Å². The van der Waals surface area contributed by atoms with Crippen molar-refractivity contribution in [3.63, 3.8) is 0 Å². The molecule has 0 aliphatic carbocycles. The van der Waals surface area contributed by atoms with Crippen molar-refractivity contribution in [1.29, 1.82) is 0 Å². The van der Waals surface area contributed by atoms with E-state index in [1.165, 1.54) is 5.52 Å². The standard InChI is InChI=1S/C23H25ClN4O2/c1-2-11-27-19-6-4-3-5-18(19)25-22(27)15-26-12-9-17(10-13-26)28-20-14-16(24)7-8-21(20)30-23(28)29/h3-8,14,17H,2,9-13,15H2,1H3. The third kappa shape index (κ3) is 3.44. The monoisotopic (exact) mass is 424 g/mol. The molecule has 1 fully saturated rings. The lowest BCUT2D eigenvalue weighted by Gasteiger charge is -2.32. The quantitative estimate of drug-likeness (QED) is 0.459. The first-order chi connectivity index (χ1) is 14.6. The number of aryl methyl sites for hydroxylation is 1. The summed E-state index contributed by atoms with van der Waals surface area (Å²) in [6, 6.07) is 13.8. The van der Waals surface area contributed by atoms with E-state index in [0.717, 1.165) is 62.3 Å². The minimum absolute atomic E-state index is 0.128. The number of aromatic nitrogens is 3. The SMILES string of the molecule is CCCn1c(CN2CCC(n3c(=O)oc4ccc(Cl)cc43)CC2)nc2ccccc21. The number of nitrogens with zero attached hydrogens (tertiary/aromatic N) is 4. The van der Waals surface area contributed by atoms with Crippen LogP contribution in [-0.4, -0.2) is 32.1 Å². The van der Waals surface area contributed by atoms with Gasteiger partial charge in [-0.1, -0.05) is 30.7 Å². The molecule has 0 bridgehead atoms. The van der Waals surface area contributed by atoms with Gasteiger partial charge >= 0.3 is 5.76 Å². The zero-order valence-corrected chi connectivity index (χ0v) is 17.8. The number of likely N-dealkylation sites (tertiary alicyclic amines) is 1. The number of oxazole rings is 1. The maximum Gasteiger partial charge on any atom is 0.420 e. The molecular weight excluding hydrogens is 400 g/mol. The zero-order valence-electron chi connectivity index (χ0n) is 17.1. The van der Waals surface area contributed by atoms with Crippen LogP contribution in [0.4, 0.5) is 0 Å². The van der Waals surface area contributed by atoms with Gasteiger partial charge in [-0.3, -0.25) is 9.47 Å². The Morgan fingerprint density at radius 3 is 2.73 bits per heavy atom. The third-order valence-electron chi connectivity index (χ3n) is 6.04. The summed E-state index contributed by atoms with van der Waals surface area (Å²) >= 11 is 6.15. The van der Waals surface area contributed by atoms with Gasteiger partial charge in [0, 0.05) is 30.7 Å². The molecule has 5 rings (SSSR count). The molecule has 30 heavy (non-hydrogen) atoms. The van der Waals surface area contributed by atoms with Crippen LogP contribution in [0, 0.1) is 0 Å². The lowest BCUT2D eigenvalue weighted by atomic mass is 10.0. The van der Waals surface area contributed by atoms with Crippen molar-refractivity contribution in [3.8, 4) is 0 Å². The summed E-state index contributed by atoms with van der Waals surface area (Å²) in [5.74, 6) is 0.824. The number of imidazole rings is 1. The van der Waals surface area contributed by atoms with Crippen LogP contribution < -0.4 is 5.76 Å².